The molecular weight excluding hydrogens is 466 g/mol. The Kier molecular flexibility index (Phi) is 7.39. The minimum atomic E-state index is -0.828. The van der Waals surface area contributed by atoms with Gasteiger partial charge in [-0.2, -0.15) is 0 Å². The van der Waals surface area contributed by atoms with Crippen molar-refractivity contribution in [3.8, 4) is 11.5 Å². The molecule has 1 atom stereocenters. The van der Waals surface area contributed by atoms with Gasteiger partial charge in [-0.3, -0.25) is 14.5 Å². The predicted octanol–water partition coefficient (Wildman–Crippen LogP) is 6.28. The number of ketones is 1. The number of ether oxygens (including phenoxy) is 2. The molecule has 37 heavy (non-hydrogen) atoms. The summed E-state index contributed by atoms with van der Waals surface area (Å²) in [6, 6.07) is 17.6. The van der Waals surface area contributed by atoms with Crippen LogP contribution in [0.4, 0.5) is 5.69 Å². The number of amides is 1. The Morgan fingerprint density at radius 3 is 2.38 bits per heavy atom. The Morgan fingerprint density at radius 2 is 1.70 bits per heavy atom. The highest BCUT2D eigenvalue weighted by atomic mass is 16.5. The summed E-state index contributed by atoms with van der Waals surface area (Å²) in [7, 11) is 1.59. The summed E-state index contributed by atoms with van der Waals surface area (Å²) >= 11 is 0. The normalized spacial score (nSPS) is 16.9. The van der Waals surface area contributed by atoms with Gasteiger partial charge in [-0.15, -0.1) is 0 Å². The van der Waals surface area contributed by atoms with E-state index in [0.29, 0.717) is 40.8 Å². The van der Waals surface area contributed by atoms with Crippen LogP contribution in [0.25, 0.3) is 5.76 Å². The second kappa shape index (κ2) is 10.5. The highest BCUT2D eigenvalue weighted by Gasteiger charge is 2.47. The number of aryl methyl sites for hydroxylation is 3. The molecule has 192 valence electrons. The largest absolute Gasteiger partial charge is 0.507 e. The number of carbonyl (C=O) groups excluding carboxylic acids is 2. The van der Waals surface area contributed by atoms with Crippen LogP contribution in [-0.4, -0.2) is 30.5 Å². The van der Waals surface area contributed by atoms with Crippen LogP contribution in [0.15, 0.2) is 66.2 Å². The van der Waals surface area contributed by atoms with Gasteiger partial charge in [0.1, 0.15) is 17.3 Å². The first-order valence-corrected chi connectivity index (χ1v) is 12.4. The standard InChI is InChI=1S/C31H33NO5/c1-18(2)17-37-24-12-8-10-22(16-24)28-27(29(33)25-14-21(5)26(36-6)15-20(25)4)30(34)31(35)32(28)23-11-7-9-19(3)13-23/h7-16,18,28,33H,17H2,1-6H3/b29-27+. The number of benzene rings is 3. The summed E-state index contributed by atoms with van der Waals surface area (Å²) < 4.78 is 11.4. The summed E-state index contributed by atoms with van der Waals surface area (Å²) in [5.74, 6) is 0.0235. The van der Waals surface area contributed by atoms with Gasteiger partial charge in [0.2, 0.25) is 0 Å². The molecule has 0 aromatic heterocycles. The van der Waals surface area contributed by atoms with Crippen molar-refractivity contribution in [2.24, 2.45) is 5.92 Å². The van der Waals surface area contributed by atoms with Crippen molar-refractivity contribution in [1.29, 1.82) is 0 Å². The monoisotopic (exact) mass is 499 g/mol. The fourth-order valence-electron chi connectivity index (χ4n) is 4.64. The van der Waals surface area contributed by atoms with Crippen molar-refractivity contribution in [1.82, 2.24) is 0 Å². The molecule has 1 saturated heterocycles. The molecule has 1 unspecified atom stereocenters. The van der Waals surface area contributed by atoms with Crippen LogP contribution >= 0.6 is 0 Å². The lowest BCUT2D eigenvalue weighted by molar-refractivity contribution is -0.132. The molecule has 1 aliphatic heterocycles. The van der Waals surface area contributed by atoms with Crippen LogP contribution in [0.3, 0.4) is 0 Å². The van der Waals surface area contributed by atoms with Crippen molar-refractivity contribution >= 4 is 23.1 Å². The van der Waals surface area contributed by atoms with Gasteiger partial charge in [0.15, 0.2) is 0 Å². The van der Waals surface area contributed by atoms with Crippen molar-refractivity contribution in [2.75, 3.05) is 18.6 Å². The molecule has 1 aliphatic rings. The van der Waals surface area contributed by atoms with Gasteiger partial charge in [-0.05, 0) is 85.3 Å². The van der Waals surface area contributed by atoms with Crippen LogP contribution in [0.1, 0.15) is 47.7 Å². The zero-order valence-electron chi connectivity index (χ0n) is 22.2. The summed E-state index contributed by atoms with van der Waals surface area (Å²) in [6.45, 7) is 10.3. The molecule has 3 aromatic rings. The summed E-state index contributed by atoms with van der Waals surface area (Å²) in [6.07, 6.45) is 0. The Bertz CT molecular complexity index is 1390. The number of aliphatic hydroxyl groups is 1. The van der Waals surface area contributed by atoms with Gasteiger partial charge in [0.05, 0.1) is 25.3 Å². The third-order valence-electron chi connectivity index (χ3n) is 6.48. The SMILES string of the molecule is COc1cc(C)c(/C(O)=C2\C(=O)C(=O)N(c3cccc(C)c3)C2c2cccc(OCC(C)C)c2)cc1C. The van der Waals surface area contributed by atoms with E-state index in [-0.39, 0.29) is 11.3 Å². The zero-order chi connectivity index (χ0) is 26.9. The molecule has 3 aromatic carbocycles. The average molecular weight is 500 g/mol. The van der Waals surface area contributed by atoms with E-state index < -0.39 is 17.7 Å². The van der Waals surface area contributed by atoms with Crippen LogP contribution in [0.2, 0.25) is 0 Å². The lowest BCUT2D eigenvalue weighted by Gasteiger charge is -2.26. The van der Waals surface area contributed by atoms with E-state index >= 15 is 0 Å². The average Bonchev–Trinajstić information content (AvgIpc) is 3.14. The van der Waals surface area contributed by atoms with E-state index in [1.807, 2.05) is 69.3 Å². The van der Waals surface area contributed by atoms with Gasteiger partial charge in [0.25, 0.3) is 11.7 Å². The molecule has 6 nitrogen and oxygen atoms in total. The number of hydrogen-bond donors (Lipinski definition) is 1. The number of nitrogens with zero attached hydrogens (tertiary/aromatic N) is 1. The molecule has 0 saturated carbocycles. The number of anilines is 1. The molecule has 1 N–H and O–H groups in total. The highest BCUT2D eigenvalue weighted by Crippen LogP contribution is 2.43. The van der Waals surface area contributed by atoms with Crippen molar-refractivity contribution in [3.05, 3.63) is 94.1 Å². The molecule has 0 bridgehead atoms. The minimum Gasteiger partial charge on any atom is -0.507 e. The zero-order valence-corrected chi connectivity index (χ0v) is 22.2. The van der Waals surface area contributed by atoms with E-state index in [9.17, 15) is 14.7 Å². The van der Waals surface area contributed by atoms with Gasteiger partial charge in [-0.25, -0.2) is 0 Å². The lowest BCUT2D eigenvalue weighted by atomic mass is 9.92. The predicted molar refractivity (Wildman–Crippen MR) is 145 cm³/mol. The van der Waals surface area contributed by atoms with E-state index in [1.165, 1.54) is 4.90 Å². The molecule has 1 heterocycles. The Balaban J connectivity index is 1.94. The first-order chi connectivity index (χ1) is 17.6. The topological polar surface area (TPSA) is 76.1 Å². The molecule has 0 aliphatic carbocycles. The fourth-order valence-corrected chi connectivity index (χ4v) is 4.64. The second-order valence-corrected chi connectivity index (χ2v) is 9.92. The highest BCUT2D eigenvalue weighted by molar-refractivity contribution is 6.51. The molecule has 1 amide bonds. The number of hydrogen-bond acceptors (Lipinski definition) is 5. The third kappa shape index (κ3) is 5.10. The van der Waals surface area contributed by atoms with Crippen molar-refractivity contribution in [2.45, 2.75) is 40.7 Å². The van der Waals surface area contributed by atoms with Crippen LogP contribution in [0.5, 0.6) is 11.5 Å². The third-order valence-corrected chi connectivity index (χ3v) is 6.48. The van der Waals surface area contributed by atoms with E-state index in [4.69, 9.17) is 9.47 Å². The van der Waals surface area contributed by atoms with Crippen LogP contribution in [-0.2, 0) is 9.59 Å². The van der Waals surface area contributed by atoms with Crippen LogP contribution in [0, 0.1) is 26.7 Å². The van der Waals surface area contributed by atoms with Gasteiger partial charge >= 0.3 is 0 Å². The maximum atomic E-state index is 13.5. The number of aliphatic hydroxyl groups excluding tert-OH is 1. The smallest absolute Gasteiger partial charge is 0.300 e. The van der Waals surface area contributed by atoms with E-state index in [0.717, 1.165) is 16.7 Å². The first kappa shape index (κ1) is 26.0. The minimum absolute atomic E-state index is 0.0418. The number of Topliss-reactive ketones (excluding diaryl/α,β-unsaturated/α-hetero) is 1. The molecule has 6 heteroatoms. The Hall–Kier alpha value is -4.06. The fraction of sp³-hybridized carbons (Fsp3) is 0.290. The summed E-state index contributed by atoms with van der Waals surface area (Å²) in [4.78, 5) is 28.5. The maximum Gasteiger partial charge on any atom is 0.300 e. The van der Waals surface area contributed by atoms with Crippen molar-refractivity contribution in [3.63, 3.8) is 0 Å². The quantitative estimate of drug-likeness (QED) is 0.235. The molecule has 1 fully saturated rings. The van der Waals surface area contributed by atoms with Crippen LogP contribution < -0.4 is 14.4 Å². The Labute approximate surface area is 218 Å². The number of rotatable bonds is 7. The molecule has 0 spiro atoms. The van der Waals surface area contributed by atoms with E-state index in [2.05, 4.69) is 13.8 Å². The number of carbonyl (C=O) groups is 2. The Morgan fingerprint density at radius 1 is 0.973 bits per heavy atom. The number of methoxy groups -OCH3 is 1. The van der Waals surface area contributed by atoms with Gasteiger partial charge in [0, 0.05) is 11.3 Å². The maximum absolute atomic E-state index is 13.5. The van der Waals surface area contributed by atoms with E-state index in [1.54, 1.807) is 19.2 Å². The molecule has 4 rings (SSSR count). The van der Waals surface area contributed by atoms with Crippen molar-refractivity contribution < 1.29 is 24.2 Å². The molecular formula is C31H33NO5. The van der Waals surface area contributed by atoms with Gasteiger partial charge < -0.3 is 14.6 Å². The summed E-state index contributed by atoms with van der Waals surface area (Å²) in [5.41, 5.74) is 4.28. The van der Waals surface area contributed by atoms with Gasteiger partial charge in [-0.1, -0.05) is 38.1 Å². The molecule has 0 radical (unpaired) electrons. The first-order valence-electron chi connectivity index (χ1n) is 12.4. The second-order valence-electron chi connectivity index (χ2n) is 9.92. The summed E-state index contributed by atoms with van der Waals surface area (Å²) in [5, 5.41) is 11.6. The lowest BCUT2D eigenvalue weighted by Crippen LogP contribution is -2.29.